The van der Waals surface area contributed by atoms with Crippen LogP contribution in [-0.2, 0) is 11.5 Å². The van der Waals surface area contributed by atoms with Gasteiger partial charge in [0, 0.05) is 5.56 Å². The molecule has 1 aromatic carbocycles. The molecule has 0 aliphatic rings. The van der Waals surface area contributed by atoms with Crippen molar-refractivity contribution >= 4 is 15.9 Å². The van der Waals surface area contributed by atoms with Gasteiger partial charge in [0.2, 0.25) is 0 Å². The monoisotopic (exact) mass is 304 g/mol. The van der Waals surface area contributed by atoms with Crippen LogP contribution >= 0.6 is 15.9 Å². The van der Waals surface area contributed by atoms with Gasteiger partial charge in [0.25, 0.3) is 0 Å². The Morgan fingerprint density at radius 2 is 1.88 bits per heavy atom. The van der Waals surface area contributed by atoms with Crippen LogP contribution < -0.4 is 0 Å². The first-order valence-corrected chi connectivity index (χ1v) is 5.95. The summed E-state index contributed by atoms with van der Waals surface area (Å²) in [6.07, 6.45) is -4.33. The van der Waals surface area contributed by atoms with Crippen LogP contribution in [0.1, 0.15) is 11.3 Å². The number of furan rings is 1. The minimum atomic E-state index is -4.33. The Balaban J connectivity index is 2.39. The first-order chi connectivity index (χ1) is 8.00. The molecule has 0 radical (unpaired) electrons. The number of rotatable bonds is 2. The molecule has 0 spiro atoms. The highest BCUT2D eigenvalue weighted by molar-refractivity contribution is 9.08. The summed E-state index contributed by atoms with van der Waals surface area (Å²) in [4.78, 5) is 0. The maximum Gasteiger partial charge on any atom is 0.416 e. The first kappa shape index (κ1) is 12.2. The van der Waals surface area contributed by atoms with Crippen molar-refractivity contribution in [1.82, 2.24) is 0 Å². The van der Waals surface area contributed by atoms with E-state index in [1.165, 1.54) is 6.07 Å². The summed E-state index contributed by atoms with van der Waals surface area (Å²) in [5, 5.41) is 0.534. The molecule has 0 aliphatic heterocycles. The van der Waals surface area contributed by atoms with Crippen LogP contribution in [0.4, 0.5) is 13.2 Å². The molecule has 90 valence electrons. The van der Waals surface area contributed by atoms with Gasteiger partial charge in [-0.2, -0.15) is 13.2 Å². The molecule has 1 aromatic heterocycles. The smallest absolute Gasteiger partial charge is 0.416 e. The van der Waals surface area contributed by atoms with Gasteiger partial charge in [-0.1, -0.05) is 28.1 Å². The lowest BCUT2D eigenvalue weighted by atomic mass is 10.1. The fourth-order valence-electron chi connectivity index (χ4n) is 1.45. The van der Waals surface area contributed by atoms with Gasteiger partial charge in [0.15, 0.2) is 0 Å². The third-order valence-electron chi connectivity index (χ3n) is 2.27. The fourth-order valence-corrected chi connectivity index (χ4v) is 1.76. The van der Waals surface area contributed by atoms with Crippen molar-refractivity contribution in [3.05, 3.63) is 47.7 Å². The maximum absolute atomic E-state index is 12.5. The van der Waals surface area contributed by atoms with Gasteiger partial charge in [-0.25, -0.2) is 0 Å². The molecule has 0 aliphatic carbocycles. The van der Waals surface area contributed by atoms with Gasteiger partial charge in [-0.3, -0.25) is 0 Å². The van der Waals surface area contributed by atoms with Crippen molar-refractivity contribution in [2.45, 2.75) is 11.5 Å². The highest BCUT2D eigenvalue weighted by atomic mass is 79.9. The molecular formula is C12H8BrF3O. The zero-order valence-corrected chi connectivity index (χ0v) is 10.2. The largest absolute Gasteiger partial charge is 0.460 e. The van der Waals surface area contributed by atoms with Gasteiger partial charge in [-0.05, 0) is 24.3 Å². The van der Waals surface area contributed by atoms with Gasteiger partial charge >= 0.3 is 6.18 Å². The van der Waals surface area contributed by atoms with Crippen molar-refractivity contribution < 1.29 is 17.6 Å². The molecular weight excluding hydrogens is 297 g/mol. The lowest BCUT2D eigenvalue weighted by Crippen LogP contribution is -2.04. The van der Waals surface area contributed by atoms with Crippen LogP contribution in [0.3, 0.4) is 0 Å². The molecule has 2 aromatic rings. The zero-order valence-electron chi connectivity index (χ0n) is 8.59. The van der Waals surface area contributed by atoms with Gasteiger partial charge < -0.3 is 4.42 Å². The van der Waals surface area contributed by atoms with E-state index < -0.39 is 11.7 Å². The lowest BCUT2D eigenvalue weighted by Gasteiger charge is -2.07. The van der Waals surface area contributed by atoms with E-state index in [1.54, 1.807) is 18.2 Å². The summed E-state index contributed by atoms with van der Waals surface area (Å²) >= 11 is 3.22. The van der Waals surface area contributed by atoms with E-state index in [4.69, 9.17) is 4.42 Å². The van der Waals surface area contributed by atoms with Gasteiger partial charge in [-0.15, -0.1) is 0 Å². The van der Waals surface area contributed by atoms with E-state index in [2.05, 4.69) is 15.9 Å². The highest BCUT2D eigenvalue weighted by Crippen LogP contribution is 2.32. The Morgan fingerprint density at radius 1 is 1.12 bits per heavy atom. The summed E-state index contributed by atoms with van der Waals surface area (Å²) < 4.78 is 42.9. The van der Waals surface area contributed by atoms with Crippen molar-refractivity contribution in [1.29, 1.82) is 0 Å². The lowest BCUT2D eigenvalue weighted by molar-refractivity contribution is -0.137. The highest BCUT2D eigenvalue weighted by Gasteiger charge is 2.30. The van der Waals surface area contributed by atoms with E-state index in [0.29, 0.717) is 22.4 Å². The van der Waals surface area contributed by atoms with Crippen LogP contribution in [0, 0.1) is 0 Å². The Morgan fingerprint density at radius 3 is 2.47 bits per heavy atom. The van der Waals surface area contributed by atoms with Crippen LogP contribution in [0.2, 0.25) is 0 Å². The minimum Gasteiger partial charge on any atom is -0.460 e. The molecule has 0 saturated carbocycles. The molecule has 2 rings (SSSR count). The molecule has 0 fully saturated rings. The second-order valence-electron chi connectivity index (χ2n) is 3.48. The molecule has 0 N–H and O–H groups in total. The van der Waals surface area contributed by atoms with Gasteiger partial charge in [0.05, 0.1) is 10.9 Å². The topological polar surface area (TPSA) is 13.1 Å². The number of halogens is 4. The van der Waals surface area contributed by atoms with Crippen LogP contribution in [0.25, 0.3) is 11.3 Å². The van der Waals surface area contributed by atoms with Crippen LogP contribution in [0.15, 0.2) is 40.8 Å². The Kier molecular flexibility index (Phi) is 3.28. The number of alkyl halides is 4. The van der Waals surface area contributed by atoms with E-state index in [-0.39, 0.29) is 0 Å². The Hall–Kier alpha value is -1.23. The average Bonchev–Trinajstić information content (AvgIpc) is 2.76. The third-order valence-corrected chi connectivity index (χ3v) is 2.82. The van der Waals surface area contributed by atoms with Crippen molar-refractivity contribution in [2.75, 3.05) is 0 Å². The predicted octanol–water partition coefficient (Wildman–Crippen LogP) is 4.86. The molecule has 0 saturated heterocycles. The van der Waals surface area contributed by atoms with Gasteiger partial charge in [0.1, 0.15) is 11.5 Å². The van der Waals surface area contributed by atoms with Crippen LogP contribution in [0.5, 0.6) is 0 Å². The SMILES string of the molecule is FC(F)(F)c1cccc(-c2ccc(CBr)o2)c1. The molecule has 0 bridgehead atoms. The van der Waals surface area contributed by atoms with E-state index in [0.717, 1.165) is 12.1 Å². The minimum absolute atomic E-state index is 0.423. The molecule has 0 unspecified atom stereocenters. The summed E-state index contributed by atoms with van der Waals surface area (Å²) in [6, 6.07) is 8.46. The van der Waals surface area contributed by atoms with E-state index in [1.807, 2.05) is 0 Å². The molecule has 1 heterocycles. The molecule has 0 atom stereocenters. The second kappa shape index (κ2) is 4.56. The summed E-state index contributed by atoms with van der Waals surface area (Å²) in [6.45, 7) is 0. The third kappa shape index (κ3) is 2.72. The summed E-state index contributed by atoms with van der Waals surface area (Å²) in [5.74, 6) is 1.11. The molecule has 1 nitrogen and oxygen atoms in total. The second-order valence-corrected chi connectivity index (χ2v) is 4.04. The normalized spacial score (nSPS) is 11.8. The average molecular weight is 305 g/mol. The number of benzene rings is 1. The first-order valence-electron chi connectivity index (χ1n) is 4.83. The van der Waals surface area contributed by atoms with E-state index in [9.17, 15) is 13.2 Å². The quantitative estimate of drug-likeness (QED) is 0.722. The van der Waals surface area contributed by atoms with Crippen LogP contribution in [-0.4, -0.2) is 0 Å². The number of hydrogen-bond donors (Lipinski definition) is 0. The summed E-state index contributed by atoms with van der Waals surface area (Å²) in [5.41, 5.74) is -0.251. The standard InChI is InChI=1S/C12H8BrF3O/c13-7-10-4-5-11(17-10)8-2-1-3-9(6-8)12(14,15)16/h1-6H,7H2. The fraction of sp³-hybridized carbons (Fsp3) is 0.167. The molecule has 0 amide bonds. The van der Waals surface area contributed by atoms with Crippen molar-refractivity contribution in [2.24, 2.45) is 0 Å². The van der Waals surface area contributed by atoms with Crippen molar-refractivity contribution in [3.8, 4) is 11.3 Å². The summed E-state index contributed by atoms with van der Waals surface area (Å²) in [7, 11) is 0. The Labute approximate surface area is 104 Å². The zero-order chi connectivity index (χ0) is 12.5. The molecule has 5 heteroatoms. The Bertz CT molecular complexity index is 516. The maximum atomic E-state index is 12.5. The van der Waals surface area contributed by atoms with E-state index >= 15 is 0 Å². The predicted molar refractivity (Wildman–Crippen MR) is 61.8 cm³/mol. The molecule has 17 heavy (non-hydrogen) atoms. The number of hydrogen-bond acceptors (Lipinski definition) is 1. The van der Waals surface area contributed by atoms with Crippen molar-refractivity contribution in [3.63, 3.8) is 0 Å².